The van der Waals surface area contributed by atoms with Crippen LogP contribution in [0.5, 0.6) is 0 Å². The Balaban J connectivity index is 0.000000242. The van der Waals surface area contributed by atoms with E-state index in [9.17, 15) is 18.9 Å². The van der Waals surface area contributed by atoms with Gasteiger partial charge < -0.3 is 20.3 Å². The number of hydroxylamine groups is 1. The van der Waals surface area contributed by atoms with Crippen molar-refractivity contribution in [2.45, 2.75) is 60.1 Å². The molecule has 1 amide bonds. The Morgan fingerprint density at radius 2 is 1.89 bits per heavy atom. The summed E-state index contributed by atoms with van der Waals surface area (Å²) in [6.45, 7) is 11.8. The maximum atomic E-state index is 11.1. The Morgan fingerprint density at radius 3 is 2.13 bits per heavy atom. The van der Waals surface area contributed by atoms with Gasteiger partial charge in [0, 0.05) is 13.5 Å². The molecule has 20 heteroatoms. The summed E-state index contributed by atoms with van der Waals surface area (Å²) in [5.41, 5.74) is 2.32. The molecule has 1 saturated heterocycles. The smallest absolute Gasteiger partial charge is 0.391 e. The predicted molar refractivity (Wildman–Crippen MR) is 131 cm³/mol. The molecule has 5 rings (SSSR count). The Kier molecular flexibility index (Phi) is 14.9. The predicted octanol–water partition coefficient (Wildman–Crippen LogP) is -1.77. The van der Waals surface area contributed by atoms with Gasteiger partial charge in [0.25, 0.3) is 0 Å². The van der Waals surface area contributed by atoms with Crippen LogP contribution in [0.2, 0.25) is 0 Å². The quantitative estimate of drug-likeness (QED) is 0.202. The fourth-order valence-electron chi connectivity index (χ4n) is 2.40. The highest BCUT2D eigenvalue weighted by molar-refractivity contribution is 7.79. The van der Waals surface area contributed by atoms with Gasteiger partial charge in [-0.1, -0.05) is 15.5 Å². The molecule has 3 aromatic rings. The van der Waals surface area contributed by atoms with Crippen LogP contribution in [0, 0.1) is 27.7 Å². The van der Waals surface area contributed by atoms with Crippen molar-refractivity contribution in [3.63, 3.8) is 0 Å². The summed E-state index contributed by atoms with van der Waals surface area (Å²) in [4.78, 5) is 27.3. The number of likely N-dealkylation sites (N-methyl/N-ethyl adjacent to an activating group) is 1. The van der Waals surface area contributed by atoms with Crippen LogP contribution >= 0.6 is 0 Å². The Bertz CT molecular complexity index is 1160. The number of amidine groups is 1. The molecule has 1 unspecified atom stereocenters. The van der Waals surface area contributed by atoms with Gasteiger partial charge in [0.15, 0.2) is 11.6 Å². The van der Waals surface area contributed by atoms with E-state index in [1.807, 2.05) is 6.92 Å². The average Bonchev–Trinajstić information content (AvgIpc) is 3.69. The molecule has 5 heterocycles. The monoisotopic (exact) mass is 560 g/mol. The van der Waals surface area contributed by atoms with Crippen molar-refractivity contribution in [1.29, 1.82) is 0 Å². The molecule has 2 aliphatic heterocycles. The zero-order valence-electron chi connectivity index (χ0n) is 21.7. The number of amides is 1. The summed E-state index contributed by atoms with van der Waals surface area (Å²) in [7, 11) is 0. The van der Waals surface area contributed by atoms with Crippen LogP contribution in [0.4, 0.5) is 0 Å². The van der Waals surface area contributed by atoms with Gasteiger partial charge in [0.05, 0.1) is 6.10 Å². The van der Waals surface area contributed by atoms with Crippen LogP contribution < -0.4 is 21.9 Å². The molecule has 2 aliphatic rings. The number of hydrogen-bond acceptors (Lipinski definition) is 15. The van der Waals surface area contributed by atoms with Crippen molar-refractivity contribution in [3.8, 4) is 0 Å². The molecular weight excluding hydrogens is 528 g/mol. The van der Waals surface area contributed by atoms with Crippen LogP contribution in [0.3, 0.4) is 0 Å². The number of aliphatic hydroxyl groups is 1. The van der Waals surface area contributed by atoms with Crippen molar-refractivity contribution in [2.24, 2.45) is 4.40 Å². The van der Waals surface area contributed by atoms with Gasteiger partial charge in [-0.05, 0) is 47.6 Å². The van der Waals surface area contributed by atoms with E-state index in [0.717, 1.165) is 6.54 Å². The molecule has 6 N–H and O–H groups in total. The number of aromatic amines is 2. The second kappa shape index (κ2) is 17.6. The van der Waals surface area contributed by atoms with E-state index in [4.69, 9.17) is 0 Å². The van der Waals surface area contributed by atoms with Crippen molar-refractivity contribution >= 4 is 23.0 Å². The molecule has 0 saturated carbocycles. The van der Waals surface area contributed by atoms with Crippen molar-refractivity contribution in [3.05, 3.63) is 33.9 Å². The fourth-order valence-corrected chi connectivity index (χ4v) is 2.89. The Hall–Kier alpha value is -3.88. The van der Waals surface area contributed by atoms with Crippen molar-refractivity contribution in [2.75, 3.05) is 13.1 Å². The number of carbonyl (C=O) groups excluding carboxylic acids is 1. The van der Waals surface area contributed by atoms with Crippen LogP contribution in [-0.4, -0.2) is 87.2 Å². The third-order valence-electron chi connectivity index (χ3n) is 3.92. The lowest BCUT2D eigenvalue weighted by molar-refractivity contribution is -0.124. The number of aliphatic hydroxyl groups excluding tert-OH is 1. The number of aryl methyl sites for hydroxylation is 4. The SMILES string of the molecule is CC1=NS(=O)ON1.CCNC(=O)[C@H]1NCC[C@@H]1O.Cc1nn[nH]n1.Cc1noc(=O)[nH]1.Cc1noc(C)n1. The zero-order valence-corrected chi connectivity index (χ0v) is 22.5. The zero-order chi connectivity index (χ0) is 28.5. The van der Waals surface area contributed by atoms with E-state index >= 15 is 0 Å². The third kappa shape index (κ3) is 14.0. The fraction of sp³-hybridized carbons (Fsp3) is 0.611. The number of carbonyl (C=O) groups is 1. The van der Waals surface area contributed by atoms with Crippen LogP contribution in [0.25, 0.3) is 0 Å². The first kappa shape index (κ1) is 32.1. The molecule has 1 fully saturated rings. The molecule has 0 aromatic carbocycles. The van der Waals surface area contributed by atoms with Crippen LogP contribution in [-0.2, 0) is 20.3 Å². The second-order valence-electron chi connectivity index (χ2n) is 7.26. The molecule has 19 nitrogen and oxygen atoms in total. The third-order valence-corrected chi connectivity index (χ3v) is 4.57. The minimum Gasteiger partial charge on any atom is -0.391 e. The Labute approximate surface area is 219 Å². The highest BCUT2D eigenvalue weighted by atomic mass is 32.2. The van der Waals surface area contributed by atoms with Crippen LogP contribution in [0.1, 0.15) is 43.6 Å². The lowest BCUT2D eigenvalue weighted by Gasteiger charge is -2.13. The van der Waals surface area contributed by atoms with Gasteiger partial charge in [0.1, 0.15) is 17.7 Å². The topological polar surface area (TPSA) is 264 Å². The maximum Gasteiger partial charge on any atom is 0.438 e. The van der Waals surface area contributed by atoms with Crippen LogP contribution in [0.15, 0.2) is 18.2 Å². The molecule has 0 bridgehead atoms. The summed E-state index contributed by atoms with van der Waals surface area (Å²) in [6.07, 6.45) is 0.156. The van der Waals surface area contributed by atoms with Gasteiger partial charge in [-0.3, -0.25) is 14.3 Å². The molecule has 212 valence electrons. The summed E-state index contributed by atoms with van der Waals surface area (Å²) < 4.78 is 26.5. The highest BCUT2D eigenvalue weighted by Gasteiger charge is 2.30. The minimum atomic E-state index is -1.48. The largest absolute Gasteiger partial charge is 0.438 e. The van der Waals surface area contributed by atoms with E-state index < -0.39 is 29.2 Å². The van der Waals surface area contributed by atoms with Crippen molar-refractivity contribution in [1.82, 2.24) is 57.0 Å². The van der Waals surface area contributed by atoms with E-state index in [2.05, 4.69) is 74.7 Å². The Morgan fingerprint density at radius 1 is 1.16 bits per heavy atom. The summed E-state index contributed by atoms with van der Waals surface area (Å²) >= 11 is -1.48. The van der Waals surface area contributed by atoms with Gasteiger partial charge in [-0.2, -0.15) is 14.5 Å². The standard InChI is InChI=1S/C7H14N2O2.C4H6N2O.C3H4N2O2.C2H4N4.C2H4N2O2S/c1-2-8-7(11)6-5(10)3-4-9-6;1-3-5-4(2)7-6-3;1-2-4-3(6)7-5-2;1-2-3-5-6-4-2;1-2-3-6-7(5)4-2/h5-6,9-10H,2-4H2,1H3,(H,8,11);1-2H3;1H3,(H,4,5,6);1H3,(H,3,4,5,6);1H3,(H,3,4)/t5-,6-;;;;/m0..../s1. The van der Waals surface area contributed by atoms with Gasteiger partial charge >= 0.3 is 17.0 Å². The number of aromatic nitrogens is 8. The molecule has 3 aromatic heterocycles. The average molecular weight is 561 g/mol. The molecule has 0 radical (unpaired) electrons. The summed E-state index contributed by atoms with van der Waals surface area (Å²) in [6, 6.07) is -0.394. The first-order chi connectivity index (χ1) is 18.0. The van der Waals surface area contributed by atoms with Crippen molar-refractivity contribution < 1.29 is 27.4 Å². The summed E-state index contributed by atoms with van der Waals surface area (Å²) in [5.74, 6) is 2.45. The molecular formula is C18H32N12O7S. The number of rotatable bonds is 2. The molecule has 0 aliphatic carbocycles. The maximum absolute atomic E-state index is 11.1. The first-order valence-corrected chi connectivity index (χ1v) is 12.1. The highest BCUT2D eigenvalue weighted by Crippen LogP contribution is 2.05. The number of nitrogens with one attached hydrogen (secondary N) is 5. The van der Waals surface area contributed by atoms with Gasteiger partial charge in [-0.15, -0.1) is 14.6 Å². The van der Waals surface area contributed by atoms with Gasteiger partial charge in [-0.25, -0.2) is 14.5 Å². The van der Waals surface area contributed by atoms with Gasteiger partial charge in [0.2, 0.25) is 11.8 Å². The second-order valence-corrected chi connectivity index (χ2v) is 8.05. The number of H-pyrrole nitrogens is 2. The first-order valence-electron chi connectivity index (χ1n) is 11.1. The number of tetrazole rings is 1. The lowest BCUT2D eigenvalue weighted by Crippen LogP contribution is -2.45. The van der Waals surface area contributed by atoms with E-state index in [1.54, 1.807) is 34.6 Å². The normalized spacial score (nSPS) is 19.0. The molecule has 3 atom stereocenters. The number of nitrogens with zero attached hydrogens (tertiary/aromatic N) is 7. The lowest BCUT2D eigenvalue weighted by atomic mass is 10.1. The van der Waals surface area contributed by atoms with E-state index in [-0.39, 0.29) is 5.91 Å². The molecule has 38 heavy (non-hydrogen) atoms. The number of hydrogen-bond donors (Lipinski definition) is 6. The van der Waals surface area contributed by atoms with E-state index in [1.165, 1.54) is 0 Å². The van der Waals surface area contributed by atoms with E-state index in [0.29, 0.717) is 42.2 Å². The minimum absolute atomic E-state index is 0.0995. The molecule has 0 spiro atoms. The summed E-state index contributed by atoms with van der Waals surface area (Å²) in [5, 5.41) is 34.4.